The summed E-state index contributed by atoms with van der Waals surface area (Å²) in [6.45, 7) is 2.04. The zero-order valence-electron chi connectivity index (χ0n) is 15.3. The van der Waals surface area contributed by atoms with Gasteiger partial charge in [0.25, 0.3) is 0 Å². The fourth-order valence-electron chi connectivity index (χ4n) is 2.56. The molecule has 0 radical (unpaired) electrons. The van der Waals surface area contributed by atoms with Crippen molar-refractivity contribution in [3.63, 3.8) is 0 Å². The number of hydrogen-bond acceptors (Lipinski definition) is 5. The third kappa shape index (κ3) is 4.82. The Kier molecular flexibility index (Phi) is 6.16. The number of rotatable bonds is 7. The fourth-order valence-corrected chi connectivity index (χ4v) is 2.56. The Morgan fingerprint density at radius 1 is 1.14 bits per heavy atom. The van der Waals surface area contributed by atoms with Crippen LogP contribution in [-0.4, -0.2) is 23.5 Å². The molecule has 1 amide bonds. The van der Waals surface area contributed by atoms with E-state index in [0.717, 1.165) is 0 Å². The van der Waals surface area contributed by atoms with E-state index in [1.54, 1.807) is 49.4 Å². The standard InChI is InChI=1S/C21H19FN2O4/c1-2-27-21(26)14-7-9-15(10-8-14)24-19(25)11-12-20-23-13-18(28-20)16-5-3-4-6-17(16)22/h3-10,13H,2,11-12H2,1H3,(H,24,25). The van der Waals surface area contributed by atoms with Gasteiger partial charge in [-0.1, -0.05) is 12.1 Å². The average molecular weight is 382 g/mol. The molecule has 28 heavy (non-hydrogen) atoms. The first-order chi connectivity index (χ1) is 13.6. The number of aromatic nitrogens is 1. The highest BCUT2D eigenvalue weighted by Crippen LogP contribution is 2.23. The molecule has 1 aromatic heterocycles. The predicted molar refractivity (Wildman–Crippen MR) is 101 cm³/mol. The Morgan fingerprint density at radius 3 is 2.61 bits per heavy atom. The van der Waals surface area contributed by atoms with Gasteiger partial charge in [-0.05, 0) is 43.3 Å². The summed E-state index contributed by atoms with van der Waals surface area (Å²) in [6.07, 6.45) is 1.87. The van der Waals surface area contributed by atoms with Gasteiger partial charge in [-0.2, -0.15) is 0 Å². The molecule has 6 nitrogen and oxygen atoms in total. The minimum Gasteiger partial charge on any atom is -0.462 e. The molecule has 2 aromatic carbocycles. The molecule has 0 bridgehead atoms. The largest absolute Gasteiger partial charge is 0.462 e. The van der Waals surface area contributed by atoms with Crippen LogP contribution in [0.3, 0.4) is 0 Å². The van der Waals surface area contributed by atoms with E-state index in [1.807, 2.05) is 0 Å². The Morgan fingerprint density at radius 2 is 1.89 bits per heavy atom. The van der Waals surface area contributed by atoms with Gasteiger partial charge in [0.1, 0.15) is 5.82 Å². The fraction of sp³-hybridized carbons (Fsp3) is 0.190. The van der Waals surface area contributed by atoms with Crippen molar-refractivity contribution in [1.82, 2.24) is 4.98 Å². The van der Waals surface area contributed by atoms with Gasteiger partial charge in [-0.15, -0.1) is 0 Å². The SMILES string of the molecule is CCOC(=O)c1ccc(NC(=O)CCc2ncc(-c3ccccc3F)o2)cc1. The molecular weight excluding hydrogens is 363 g/mol. The van der Waals surface area contributed by atoms with E-state index in [2.05, 4.69) is 10.3 Å². The summed E-state index contributed by atoms with van der Waals surface area (Å²) in [4.78, 5) is 27.8. The van der Waals surface area contributed by atoms with Crippen molar-refractivity contribution in [3.05, 3.63) is 72.0 Å². The molecule has 0 saturated carbocycles. The van der Waals surface area contributed by atoms with Crippen LogP contribution in [0.2, 0.25) is 0 Å². The molecule has 7 heteroatoms. The quantitative estimate of drug-likeness (QED) is 0.619. The molecule has 3 rings (SSSR count). The number of oxazole rings is 1. The summed E-state index contributed by atoms with van der Waals surface area (Å²) in [5.41, 5.74) is 1.31. The maximum Gasteiger partial charge on any atom is 0.338 e. The van der Waals surface area contributed by atoms with E-state index >= 15 is 0 Å². The van der Waals surface area contributed by atoms with E-state index in [0.29, 0.717) is 35.1 Å². The third-order valence-corrected chi connectivity index (χ3v) is 3.94. The van der Waals surface area contributed by atoms with Gasteiger partial charge in [0.05, 0.1) is 23.9 Å². The summed E-state index contributed by atoms with van der Waals surface area (Å²) in [6, 6.07) is 12.7. The van der Waals surface area contributed by atoms with Gasteiger partial charge < -0.3 is 14.5 Å². The van der Waals surface area contributed by atoms with Gasteiger partial charge >= 0.3 is 5.97 Å². The Balaban J connectivity index is 1.54. The highest BCUT2D eigenvalue weighted by atomic mass is 19.1. The number of esters is 1. The van der Waals surface area contributed by atoms with E-state index in [4.69, 9.17) is 9.15 Å². The van der Waals surface area contributed by atoms with Crippen LogP contribution >= 0.6 is 0 Å². The molecule has 0 atom stereocenters. The summed E-state index contributed by atoms with van der Waals surface area (Å²) in [5.74, 6) is -0.354. The van der Waals surface area contributed by atoms with Gasteiger partial charge in [0.15, 0.2) is 11.7 Å². The van der Waals surface area contributed by atoms with Gasteiger partial charge in [-0.25, -0.2) is 14.2 Å². The smallest absolute Gasteiger partial charge is 0.338 e. The van der Waals surface area contributed by atoms with Crippen molar-refractivity contribution in [2.45, 2.75) is 19.8 Å². The summed E-state index contributed by atoms with van der Waals surface area (Å²) < 4.78 is 24.2. The maximum absolute atomic E-state index is 13.8. The Labute approximate surface area is 161 Å². The summed E-state index contributed by atoms with van der Waals surface area (Å²) in [5, 5.41) is 2.74. The number of amides is 1. The number of benzene rings is 2. The van der Waals surface area contributed by atoms with Crippen molar-refractivity contribution in [1.29, 1.82) is 0 Å². The first-order valence-corrected chi connectivity index (χ1v) is 8.83. The first kappa shape index (κ1) is 19.3. The molecule has 1 heterocycles. The third-order valence-electron chi connectivity index (χ3n) is 3.94. The average Bonchev–Trinajstić information content (AvgIpc) is 3.16. The second kappa shape index (κ2) is 8.94. The van der Waals surface area contributed by atoms with Gasteiger partial charge in [0, 0.05) is 18.5 Å². The number of nitrogens with one attached hydrogen (secondary N) is 1. The van der Waals surface area contributed by atoms with Gasteiger partial charge in [-0.3, -0.25) is 4.79 Å². The van der Waals surface area contributed by atoms with Crippen molar-refractivity contribution in [3.8, 4) is 11.3 Å². The molecule has 3 aromatic rings. The molecule has 144 valence electrons. The molecule has 1 N–H and O–H groups in total. The maximum atomic E-state index is 13.8. The van der Waals surface area contributed by atoms with Crippen LogP contribution in [0.15, 0.2) is 59.1 Å². The highest BCUT2D eigenvalue weighted by molar-refractivity contribution is 5.93. The molecule has 0 unspecified atom stereocenters. The van der Waals surface area contributed by atoms with E-state index in [-0.39, 0.29) is 18.7 Å². The number of carbonyl (C=O) groups is 2. The molecule has 0 spiro atoms. The topological polar surface area (TPSA) is 81.4 Å². The van der Waals surface area contributed by atoms with Crippen LogP contribution in [0.25, 0.3) is 11.3 Å². The Bertz CT molecular complexity index is 967. The lowest BCUT2D eigenvalue weighted by Crippen LogP contribution is -2.12. The van der Waals surface area contributed by atoms with Crippen molar-refractivity contribution >= 4 is 17.6 Å². The number of aryl methyl sites for hydroxylation is 1. The monoisotopic (exact) mass is 382 g/mol. The van der Waals surface area contributed by atoms with Crippen LogP contribution in [0.1, 0.15) is 29.6 Å². The van der Waals surface area contributed by atoms with Crippen LogP contribution < -0.4 is 5.32 Å². The van der Waals surface area contributed by atoms with Crippen LogP contribution in [0, 0.1) is 5.82 Å². The van der Waals surface area contributed by atoms with E-state index in [1.165, 1.54) is 12.3 Å². The zero-order chi connectivity index (χ0) is 19.9. The zero-order valence-corrected chi connectivity index (χ0v) is 15.3. The highest BCUT2D eigenvalue weighted by Gasteiger charge is 2.12. The lowest BCUT2D eigenvalue weighted by Gasteiger charge is -2.06. The van der Waals surface area contributed by atoms with Crippen molar-refractivity contribution < 1.29 is 23.1 Å². The molecule has 0 aliphatic rings. The molecule has 0 aliphatic heterocycles. The number of carbonyl (C=O) groups excluding carboxylic acids is 2. The van der Waals surface area contributed by atoms with E-state index in [9.17, 15) is 14.0 Å². The number of anilines is 1. The number of ether oxygens (including phenoxy) is 1. The molecule has 0 fully saturated rings. The van der Waals surface area contributed by atoms with Crippen LogP contribution in [0.4, 0.5) is 10.1 Å². The predicted octanol–water partition coefficient (Wildman–Crippen LogP) is 4.23. The second-order valence-electron chi connectivity index (χ2n) is 5.94. The first-order valence-electron chi connectivity index (χ1n) is 8.83. The second-order valence-corrected chi connectivity index (χ2v) is 5.94. The minimum absolute atomic E-state index is 0.150. The molecule has 0 saturated heterocycles. The van der Waals surface area contributed by atoms with Crippen LogP contribution in [-0.2, 0) is 16.0 Å². The Hall–Kier alpha value is -3.48. The van der Waals surface area contributed by atoms with Crippen molar-refractivity contribution in [2.75, 3.05) is 11.9 Å². The number of hydrogen-bond donors (Lipinski definition) is 1. The lowest BCUT2D eigenvalue weighted by molar-refractivity contribution is -0.116. The van der Waals surface area contributed by atoms with Crippen molar-refractivity contribution in [2.24, 2.45) is 0 Å². The van der Waals surface area contributed by atoms with E-state index < -0.39 is 11.8 Å². The summed E-state index contributed by atoms with van der Waals surface area (Å²) >= 11 is 0. The minimum atomic E-state index is -0.407. The number of halogens is 1. The molecular formula is C21H19FN2O4. The number of nitrogens with zero attached hydrogens (tertiary/aromatic N) is 1. The normalized spacial score (nSPS) is 10.5. The van der Waals surface area contributed by atoms with Crippen LogP contribution in [0.5, 0.6) is 0 Å². The van der Waals surface area contributed by atoms with Gasteiger partial charge in [0.2, 0.25) is 5.91 Å². The molecule has 0 aliphatic carbocycles. The lowest BCUT2D eigenvalue weighted by atomic mass is 10.2. The summed E-state index contributed by atoms with van der Waals surface area (Å²) in [7, 11) is 0.